The second-order valence-corrected chi connectivity index (χ2v) is 6.12. The summed E-state index contributed by atoms with van der Waals surface area (Å²) >= 11 is 1.45. The van der Waals surface area contributed by atoms with E-state index in [0.717, 1.165) is 11.1 Å². The van der Waals surface area contributed by atoms with Crippen molar-refractivity contribution in [2.75, 3.05) is 5.75 Å². The summed E-state index contributed by atoms with van der Waals surface area (Å²) in [4.78, 5) is 16.2. The van der Waals surface area contributed by atoms with E-state index in [4.69, 9.17) is 4.52 Å². The maximum Gasteiger partial charge on any atom is 0.236 e. The summed E-state index contributed by atoms with van der Waals surface area (Å²) in [6.07, 6.45) is 0. The van der Waals surface area contributed by atoms with Crippen molar-refractivity contribution < 1.29 is 9.32 Å². The van der Waals surface area contributed by atoms with Gasteiger partial charge in [-0.1, -0.05) is 65.8 Å². The minimum Gasteiger partial charge on any atom is -0.351 e. The second-order valence-electron chi connectivity index (χ2n) is 5.13. The fourth-order valence-corrected chi connectivity index (χ4v) is 2.78. The van der Waals surface area contributed by atoms with E-state index in [9.17, 15) is 4.79 Å². The highest BCUT2D eigenvalue weighted by atomic mass is 32.2. The molecule has 24 heavy (non-hydrogen) atoms. The van der Waals surface area contributed by atoms with Gasteiger partial charge in [-0.3, -0.25) is 4.79 Å². The highest BCUT2D eigenvalue weighted by molar-refractivity contribution is 7.99. The molecule has 1 heterocycles. The molecule has 0 saturated heterocycles. The number of benzene rings is 2. The number of nitrogens with zero attached hydrogens (tertiary/aromatic N) is 2. The molecule has 0 aliphatic rings. The molecular weight excluding hydrogens is 322 g/mol. The van der Waals surface area contributed by atoms with Gasteiger partial charge in [-0.25, -0.2) is 0 Å². The lowest BCUT2D eigenvalue weighted by Gasteiger charge is -2.04. The van der Waals surface area contributed by atoms with Crippen molar-refractivity contribution in [1.82, 2.24) is 15.5 Å². The van der Waals surface area contributed by atoms with Gasteiger partial charge in [-0.05, 0) is 5.56 Å². The Kier molecular flexibility index (Phi) is 5.63. The van der Waals surface area contributed by atoms with Crippen LogP contribution >= 0.6 is 11.8 Å². The number of carbonyl (C=O) groups is 1. The predicted molar refractivity (Wildman–Crippen MR) is 94.2 cm³/mol. The topological polar surface area (TPSA) is 68.0 Å². The molecule has 5 nitrogen and oxygen atoms in total. The van der Waals surface area contributed by atoms with Gasteiger partial charge in [0.2, 0.25) is 17.6 Å². The molecule has 3 aromatic rings. The average molecular weight is 339 g/mol. The normalized spacial score (nSPS) is 10.5. The molecule has 0 aliphatic heterocycles. The van der Waals surface area contributed by atoms with Crippen LogP contribution in [0.1, 0.15) is 11.5 Å². The number of nitrogens with one attached hydrogen (secondary N) is 1. The maximum absolute atomic E-state index is 11.8. The van der Waals surface area contributed by atoms with E-state index in [1.54, 1.807) is 0 Å². The predicted octanol–water partition coefficient (Wildman–Crippen LogP) is 3.29. The Hall–Kier alpha value is -2.60. The average Bonchev–Trinajstić information content (AvgIpc) is 3.11. The lowest BCUT2D eigenvalue weighted by atomic mass is 10.2. The van der Waals surface area contributed by atoms with Crippen molar-refractivity contribution in [2.45, 2.75) is 12.3 Å². The van der Waals surface area contributed by atoms with Crippen LogP contribution in [-0.2, 0) is 17.1 Å². The minimum absolute atomic E-state index is 0.00773. The van der Waals surface area contributed by atoms with Crippen molar-refractivity contribution in [3.8, 4) is 11.4 Å². The highest BCUT2D eigenvalue weighted by Gasteiger charge is 2.09. The number of thioether (sulfide) groups is 1. The molecule has 0 radical (unpaired) electrons. The van der Waals surface area contributed by atoms with Crippen LogP contribution in [0.3, 0.4) is 0 Å². The Morgan fingerprint density at radius 3 is 2.50 bits per heavy atom. The fourth-order valence-electron chi connectivity index (χ4n) is 2.10. The van der Waals surface area contributed by atoms with E-state index in [2.05, 4.69) is 15.5 Å². The second kappa shape index (κ2) is 8.31. The number of hydrogen-bond acceptors (Lipinski definition) is 5. The van der Waals surface area contributed by atoms with Crippen LogP contribution in [0.4, 0.5) is 0 Å². The van der Waals surface area contributed by atoms with Gasteiger partial charge in [0, 0.05) is 12.1 Å². The molecule has 0 atom stereocenters. The van der Waals surface area contributed by atoms with Crippen LogP contribution in [0.2, 0.25) is 0 Å². The molecule has 0 bridgehead atoms. The Labute approximate surface area is 144 Å². The molecule has 0 saturated carbocycles. The monoisotopic (exact) mass is 339 g/mol. The summed E-state index contributed by atoms with van der Waals surface area (Å²) in [6, 6.07) is 19.5. The van der Waals surface area contributed by atoms with Crippen molar-refractivity contribution in [3.05, 3.63) is 72.1 Å². The van der Waals surface area contributed by atoms with Crippen LogP contribution in [-0.4, -0.2) is 21.8 Å². The molecule has 1 amide bonds. The lowest BCUT2D eigenvalue weighted by Crippen LogP contribution is -2.24. The highest BCUT2D eigenvalue weighted by Crippen LogP contribution is 2.17. The van der Waals surface area contributed by atoms with Crippen molar-refractivity contribution in [2.24, 2.45) is 0 Å². The van der Waals surface area contributed by atoms with E-state index in [-0.39, 0.29) is 5.91 Å². The van der Waals surface area contributed by atoms with Gasteiger partial charge in [0.1, 0.15) is 0 Å². The third-order valence-electron chi connectivity index (χ3n) is 3.29. The number of carbonyl (C=O) groups excluding carboxylic acids is 1. The minimum atomic E-state index is -0.00773. The SMILES string of the molecule is O=C(CSCc1nc(-c2ccccc2)no1)NCc1ccccc1. The fraction of sp³-hybridized carbons (Fsp3) is 0.167. The molecule has 0 aliphatic carbocycles. The van der Waals surface area contributed by atoms with Crippen molar-refractivity contribution in [3.63, 3.8) is 0 Å². The molecule has 1 N–H and O–H groups in total. The van der Waals surface area contributed by atoms with Gasteiger partial charge < -0.3 is 9.84 Å². The Balaban J connectivity index is 1.42. The van der Waals surface area contributed by atoms with Gasteiger partial charge in [-0.2, -0.15) is 4.98 Å². The van der Waals surface area contributed by atoms with Gasteiger partial charge in [-0.15, -0.1) is 11.8 Å². The van der Waals surface area contributed by atoms with Crippen molar-refractivity contribution in [1.29, 1.82) is 0 Å². The van der Waals surface area contributed by atoms with Crippen LogP contribution in [0.5, 0.6) is 0 Å². The summed E-state index contributed by atoms with van der Waals surface area (Å²) in [5, 5.41) is 6.85. The first-order valence-corrected chi connectivity index (χ1v) is 8.73. The number of aromatic nitrogens is 2. The number of hydrogen-bond donors (Lipinski definition) is 1. The van der Waals surface area contributed by atoms with E-state index in [1.807, 2.05) is 60.7 Å². The molecular formula is C18H17N3O2S. The van der Waals surface area contributed by atoms with Crippen LogP contribution in [0, 0.1) is 0 Å². The number of rotatable bonds is 7. The summed E-state index contributed by atoms with van der Waals surface area (Å²) in [7, 11) is 0. The zero-order valence-electron chi connectivity index (χ0n) is 13.0. The molecule has 1 aromatic heterocycles. The van der Waals surface area contributed by atoms with Gasteiger partial charge in [0.15, 0.2) is 0 Å². The van der Waals surface area contributed by atoms with Crippen LogP contribution in [0.15, 0.2) is 65.2 Å². The first-order valence-electron chi connectivity index (χ1n) is 7.57. The quantitative estimate of drug-likeness (QED) is 0.715. The van der Waals surface area contributed by atoms with Gasteiger partial charge in [0.05, 0.1) is 11.5 Å². The molecule has 122 valence electrons. The zero-order valence-corrected chi connectivity index (χ0v) is 13.8. The third kappa shape index (κ3) is 4.70. The summed E-state index contributed by atoms with van der Waals surface area (Å²) in [6.45, 7) is 0.541. The standard InChI is InChI=1S/C18H17N3O2S/c22-16(19-11-14-7-3-1-4-8-14)12-24-13-17-20-18(21-23-17)15-9-5-2-6-10-15/h1-10H,11-13H2,(H,19,22). The lowest BCUT2D eigenvalue weighted by molar-refractivity contribution is -0.118. The first kappa shape index (κ1) is 16.3. The first-order chi connectivity index (χ1) is 11.8. The number of amides is 1. The van der Waals surface area contributed by atoms with E-state index in [0.29, 0.717) is 29.8 Å². The van der Waals surface area contributed by atoms with Gasteiger partial charge in [0.25, 0.3) is 0 Å². The van der Waals surface area contributed by atoms with Gasteiger partial charge >= 0.3 is 0 Å². The molecule has 6 heteroatoms. The smallest absolute Gasteiger partial charge is 0.236 e. The zero-order chi connectivity index (χ0) is 16.6. The van der Waals surface area contributed by atoms with Crippen LogP contribution in [0.25, 0.3) is 11.4 Å². The van der Waals surface area contributed by atoms with E-state index >= 15 is 0 Å². The summed E-state index contributed by atoms with van der Waals surface area (Å²) < 4.78 is 5.22. The molecule has 2 aromatic carbocycles. The van der Waals surface area contributed by atoms with Crippen LogP contribution < -0.4 is 5.32 Å². The Bertz CT molecular complexity index is 775. The summed E-state index contributed by atoms with van der Waals surface area (Å²) in [5.74, 6) is 1.95. The Morgan fingerprint density at radius 1 is 1.04 bits per heavy atom. The maximum atomic E-state index is 11.8. The molecule has 0 spiro atoms. The molecule has 3 rings (SSSR count). The molecule has 0 unspecified atom stereocenters. The summed E-state index contributed by atoms with van der Waals surface area (Å²) in [5.41, 5.74) is 2.00. The third-order valence-corrected chi connectivity index (χ3v) is 4.21. The van der Waals surface area contributed by atoms with E-state index < -0.39 is 0 Å². The van der Waals surface area contributed by atoms with E-state index in [1.165, 1.54) is 11.8 Å². The Morgan fingerprint density at radius 2 is 1.75 bits per heavy atom. The van der Waals surface area contributed by atoms with Crippen molar-refractivity contribution >= 4 is 17.7 Å². The largest absolute Gasteiger partial charge is 0.351 e. The molecule has 0 fully saturated rings.